The van der Waals surface area contributed by atoms with Crippen molar-refractivity contribution in [3.8, 4) is 5.75 Å². The number of nitrogens with one attached hydrogen (secondary N) is 1. The number of nitrogens with zero attached hydrogens (tertiary/aromatic N) is 2. The molecule has 0 amide bonds. The van der Waals surface area contributed by atoms with Crippen molar-refractivity contribution in [2.45, 2.75) is 31.7 Å². The number of ether oxygens (including phenoxy) is 1. The second-order valence-corrected chi connectivity index (χ2v) is 6.51. The number of nitrogen functional groups attached to an aromatic ring is 1. The third kappa shape index (κ3) is 2.41. The Hall–Kier alpha value is -1.82. The summed E-state index contributed by atoms with van der Waals surface area (Å²) >= 11 is 0. The maximum atomic E-state index is 14.0. The molecule has 2 fully saturated rings. The summed E-state index contributed by atoms with van der Waals surface area (Å²) in [4.78, 5) is 2.56. The Bertz CT molecular complexity index is 674. The van der Waals surface area contributed by atoms with Gasteiger partial charge < -0.3 is 10.5 Å². The molecule has 1 saturated carbocycles. The van der Waals surface area contributed by atoms with E-state index in [0.29, 0.717) is 29.2 Å². The van der Waals surface area contributed by atoms with Gasteiger partial charge in [0.15, 0.2) is 5.82 Å². The minimum atomic E-state index is -0.389. The molecule has 1 aliphatic heterocycles. The first-order valence-corrected chi connectivity index (χ1v) is 8.00. The molecular weight excluding hydrogens is 283 g/mol. The number of anilines is 1. The molecule has 2 heterocycles. The molecule has 0 spiro atoms. The Morgan fingerprint density at radius 3 is 2.86 bits per heavy atom. The number of aromatic nitrogens is 2. The van der Waals surface area contributed by atoms with Crippen molar-refractivity contribution in [1.29, 1.82) is 0 Å². The molecule has 1 aromatic heterocycles. The van der Waals surface area contributed by atoms with Gasteiger partial charge in [-0.05, 0) is 12.8 Å². The standard InChI is InChI=1S/C16H21FN4O/c17-13-5-12(6-14-15(13)16(18)20-19-14)22-9-10-7-21(8-10)11-3-1-2-4-11/h5-6,10-11H,1-4,7-9H2,(H3,18,19,20). The van der Waals surface area contributed by atoms with Crippen molar-refractivity contribution >= 4 is 16.7 Å². The molecule has 1 aliphatic carbocycles. The third-order valence-corrected chi connectivity index (χ3v) is 4.93. The van der Waals surface area contributed by atoms with Crippen LogP contribution in [-0.2, 0) is 0 Å². The van der Waals surface area contributed by atoms with Gasteiger partial charge in [0, 0.05) is 37.2 Å². The topological polar surface area (TPSA) is 67.2 Å². The van der Waals surface area contributed by atoms with Crippen molar-refractivity contribution in [2.75, 3.05) is 25.4 Å². The monoisotopic (exact) mass is 304 g/mol. The van der Waals surface area contributed by atoms with Gasteiger partial charge in [0.2, 0.25) is 0 Å². The van der Waals surface area contributed by atoms with E-state index in [1.54, 1.807) is 6.07 Å². The lowest BCUT2D eigenvalue weighted by atomic mass is 9.98. The molecule has 2 aliphatic rings. The van der Waals surface area contributed by atoms with Crippen molar-refractivity contribution < 1.29 is 9.13 Å². The van der Waals surface area contributed by atoms with Gasteiger partial charge in [0.05, 0.1) is 17.5 Å². The van der Waals surface area contributed by atoms with Gasteiger partial charge in [-0.3, -0.25) is 10.00 Å². The first-order chi connectivity index (χ1) is 10.7. The molecule has 0 atom stereocenters. The molecule has 1 aromatic carbocycles. The molecule has 2 aromatic rings. The summed E-state index contributed by atoms with van der Waals surface area (Å²) in [5.41, 5.74) is 6.20. The van der Waals surface area contributed by atoms with Gasteiger partial charge in [0.25, 0.3) is 0 Å². The number of hydrogen-bond acceptors (Lipinski definition) is 4. The Morgan fingerprint density at radius 2 is 2.09 bits per heavy atom. The number of aromatic amines is 1. The van der Waals surface area contributed by atoms with Crippen LogP contribution in [0.5, 0.6) is 5.75 Å². The zero-order valence-electron chi connectivity index (χ0n) is 12.5. The summed E-state index contributed by atoms with van der Waals surface area (Å²) in [6.07, 6.45) is 5.43. The van der Waals surface area contributed by atoms with Crippen molar-refractivity contribution in [1.82, 2.24) is 15.1 Å². The Balaban J connectivity index is 1.34. The van der Waals surface area contributed by atoms with Crippen LogP contribution in [0, 0.1) is 11.7 Å². The van der Waals surface area contributed by atoms with Crippen LogP contribution in [0.3, 0.4) is 0 Å². The highest BCUT2D eigenvalue weighted by molar-refractivity contribution is 5.90. The van der Waals surface area contributed by atoms with Gasteiger partial charge >= 0.3 is 0 Å². The number of benzene rings is 1. The SMILES string of the molecule is Nc1n[nH]c2cc(OCC3CN(C4CCCC4)C3)cc(F)c12. The highest BCUT2D eigenvalue weighted by atomic mass is 19.1. The maximum Gasteiger partial charge on any atom is 0.156 e. The van der Waals surface area contributed by atoms with Crippen molar-refractivity contribution in [3.63, 3.8) is 0 Å². The van der Waals surface area contributed by atoms with E-state index in [4.69, 9.17) is 10.5 Å². The second kappa shape index (κ2) is 5.43. The summed E-state index contributed by atoms with van der Waals surface area (Å²) in [6.45, 7) is 2.84. The number of fused-ring (bicyclic) bond motifs is 1. The van der Waals surface area contributed by atoms with E-state index in [1.165, 1.54) is 31.7 Å². The zero-order chi connectivity index (χ0) is 15.1. The average Bonchev–Trinajstić information content (AvgIpc) is 3.07. The second-order valence-electron chi connectivity index (χ2n) is 6.51. The van der Waals surface area contributed by atoms with E-state index in [9.17, 15) is 4.39 Å². The summed E-state index contributed by atoms with van der Waals surface area (Å²) in [5.74, 6) is 0.879. The number of rotatable bonds is 4. The van der Waals surface area contributed by atoms with Crippen LogP contribution in [-0.4, -0.2) is 40.8 Å². The average molecular weight is 304 g/mol. The van der Waals surface area contributed by atoms with Gasteiger partial charge in [-0.15, -0.1) is 0 Å². The predicted molar refractivity (Wildman–Crippen MR) is 83.3 cm³/mol. The van der Waals surface area contributed by atoms with Gasteiger partial charge in [-0.25, -0.2) is 4.39 Å². The zero-order valence-corrected chi connectivity index (χ0v) is 12.5. The summed E-state index contributed by atoms with van der Waals surface area (Å²) in [6, 6.07) is 3.94. The highest BCUT2D eigenvalue weighted by Gasteiger charge is 2.33. The van der Waals surface area contributed by atoms with E-state index >= 15 is 0 Å². The molecule has 22 heavy (non-hydrogen) atoms. The fourth-order valence-electron chi connectivity index (χ4n) is 3.69. The van der Waals surface area contributed by atoms with E-state index in [-0.39, 0.29) is 11.6 Å². The normalized spacial score (nSPS) is 20.6. The van der Waals surface area contributed by atoms with E-state index in [0.717, 1.165) is 19.1 Å². The maximum absolute atomic E-state index is 14.0. The van der Waals surface area contributed by atoms with Crippen LogP contribution in [0.15, 0.2) is 12.1 Å². The largest absolute Gasteiger partial charge is 0.493 e. The van der Waals surface area contributed by atoms with E-state index in [2.05, 4.69) is 15.1 Å². The first-order valence-electron chi connectivity index (χ1n) is 8.00. The molecule has 3 N–H and O–H groups in total. The van der Waals surface area contributed by atoms with Gasteiger partial charge in [-0.2, -0.15) is 5.10 Å². The van der Waals surface area contributed by atoms with Gasteiger partial charge in [0.1, 0.15) is 11.6 Å². The van der Waals surface area contributed by atoms with Crippen molar-refractivity contribution in [2.24, 2.45) is 5.92 Å². The quantitative estimate of drug-likeness (QED) is 0.911. The number of nitrogens with two attached hydrogens (primary N) is 1. The lowest BCUT2D eigenvalue weighted by Gasteiger charge is -2.43. The molecular formula is C16H21FN4O. The van der Waals surface area contributed by atoms with Crippen LogP contribution >= 0.6 is 0 Å². The lowest BCUT2D eigenvalue weighted by Crippen LogP contribution is -2.53. The summed E-state index contributed by atoms with van der Waals surface area (Å²) in [5, 5.41) is 6.89. The van der Waals surface area contributed by atoms with Crippen LogP contribution in [0.2, 0.25) is 0 Å². The molecule has 0 bridgehead atoms. The van der Waals surface area contributed by atoms with Crippen LogP contribution in [0.4, 0.5) is 10.2 Å². The van der Waals surface area contributed by atoms with E-state index < -0.39 is 0 Å². The number of H-pyrrole nitrogens is 1. The number of likely N-dealkylation sites (tertiary alicyclic amines) is 1. The molecule has 0 unspecified atom stereocenters. The smallest absolute Gasteiger partial charge is 0.156 e. The fourth-order valence-corrected chi connectivity index (χ4v) is 3.69. The highest BCUT2D eigenvalue weighted by Crippen LogP contribution is 2.31. The molecule has 4 rings (SSSR count). The minimum absolute atomic E-state index is 0.185. The Morgan fingerprint density at radius 1 is 1.32 bits per heavy atom. The minimum Gasteiger partial charge on any atom is -0.493 e. The summed E-state index contributed by atoms with van der Waals surface area (Å²) in [7, 11) is 0. The Labute approximate surface area is 128 Å². The molecule has 118 valence electrons. The lowest BCUT2D eigenvalue weighted by molar-refractivity contribution is 0.0278. The van der Waals surface area contributed by atoms with Gasteiger partial charge in [-0.1, -0.05) is 12.8 Å². The van der Waals surface area contributed by atoms with Crippen LogP contribution in [0.25, 0.3) is 10.9 Å². The Kier molecular flexibility index (Phi) is 3.41. The van der Waals surface area contributed by atoms with Crippen LogP contribution < -0.4 is 10.5 Å². The number of halogens is 1. The first kappa shape index (κ1) is 13.8. The fraction of sp³-hybridized carbons (Fsp3) is 0.562. The molecule has 1 saturated heterocycles. The molecule has 6 heteroatoms. The summed E-state index contributed by atoms with van der Waals surface area (Å²) < 4.78 is 19.8. The van der Waals surface area contributed by atoms with E-state index in [1.807, 2.05) is 0 Å². The third-order valence-electron chi connectivity index (χ3n) is 4.93. The molecule has 0 radical (unpaired) electrons. The van der Waals surface area contributed by atoms with Crippen LogP contribution in [0.1, 0.15) is 25.7 Å². The number of hydrogen-bond donors (Lipinski definition) is 2. The predicted octanol–water partition coefficient (Wildman–Crippen LogP) is 2.54. The van der Waals surface area contributed by atoms with Crippen molar-refractivity contribution in [3.05, 3.63) is 17.9 Å². The molecule has 5 nitrogen and oxygen atoms in total.